The number of aromatic amines is 2. The molecule has 0 unspecified atom stereocenters. The van der Waals surface area contributed by atoms with E-state index in [-0.39, 0.29) is 30.1 Å². The molecule has 19 nitrogen and oxygen atoms in total. The SMILES string of the molecule is CCN1CCC(=C(C)c2c(C)c(C(=O)NCc3c(OC)cc(C)[nH]c3=O)cc3c(-c4ccnc(NC)c4)ccn23)CC1.CCN1CCC(=C(C)c2c(C)c(C(=O)O)cc3c(-c4ccnc(NC)c4)ccn23)CC1.COc1cc(C)[nH]c(=O)c1CNCl. The Morgan fingerprint density at radius 2 is 1.05 bits per heavy atom. The predicted octanol–water partition coefficient (Wildman–Crippen LogP) is 11.1. The number of aromatic carboxylic acids is 1. The summed E-state index contributed by atoms with van der Waals surface area (Å²) in [7, 11) is 6.73. The Morgan fingerprint density at radius 1 is 0.628 bits per heavy atom. The number of H-pyrrole nitrogens is 2. The fraction of sp³-hybridized carbons (Fsp3) is 0.364. The van der Waals surface area contributed by atoms with Crippen LogP contribution in [-0.4, -0.2) is 123 Å². The molecule has 0 atom stereocenters. The van der Waals surface area contributed by atoms with Crippen molar-refractivity contribution in [3.63, 3.8) is 0 Å². The second kappa shape index (κ2) is 28.6. The summed E-state index contributed by atoms with van der Waals surface area (Å²) in [5.74, 6) is 1.43. The second-order valence-corrected chi connectivity index (χ2v) is 21.9. The van der Waals surface area contributed by atoms with Gasteiger partial charge in [0.15, 0.2) is 0 Å². The maximum Gasteiger partial charge on any atom is 0.336 e. The van der Waals surface area contributed by atoms with Gasteiger partial charge in [-0.1, -0.05) is 25.0 Å². The third-order valence-corrected chi connectivity index (χ3v) is 16.8. The molecular weight excluding hydrogens is 1110 g/mol. The lowest BCUT2D eigenvalue weighted by molar-refractivity contribution is 0.0695. The van der Waals surface area contributed by atoms with Crippen LogP contribution < -0.4 is 41.4 Å². The highest BCUT2D eigenvalue weighted by molar-refractivity contribution is 6.13. The van der Waals surface area contributed by atoms with E-state index in [2.05, 4.69) is 112 Å². The number of carboxylic acids is 1. The number of carbonyl (C=O) groups excluding carboxylic acids is 1. The number of halogens is 1. The van der Waals surface area contributed by atoms with E-state index in [0.717, 1.165) is 138 Å². The highest BCUT2D eigenvalue weighted by Gasteiger charge is 2.25. The highest BCUT2D eigenvalue weighted by atomic mass is 35.5. The minimum atomic E-state index is -0.891. The van der Waals surface area contributed by atoms with Crippen LogP contribution in [0.4, 0.5) is 11.6 Å². The molecule has 2 aliphatic heterocycles. The van der Waals surface area contributed by atoms with E-state index in [1.165, 1.54) is 36.5 Å². The fourth-order valence-electron chi connectivity index (χ4n) is 11.8. The third kappa shape index (κ3) is 13.9. The number of pyridine rings is 6. The van der Waals surface area contributed by atoms with Crippen molar-refractivity contribution in [2.24, 2.45) is 0 Å². The number of hydrogen-bond donors (Lipinski definition) is 7. The average Bonchev–Trinajstić information content (AvgIpc) is 1.90. The van der Waals surface area contributed by atoms with E-state index >= 15 is 0 Å². The monoisotopic (exact) mass is 1190 g/mol. The molecule has 10 rings (SSSR count). The molecule has 0 aromatic carbocycles. The summed E-state index contributed by atoms with van der Waals surface area (Å²) in [4.78, 5) is 71.5. The molecule has 8 aromatic heterocycles. The van der Waals surface area contributed by atoms with Gasteiger partial charge in [-0.05, 0) is 186 Å². The number of piperidine rings is 2. The molecule has 2 saturated heterocycles. The van der Waals surface area contributed by atoms with Crippen molar-refractivity contribution in [2.75, 3.05) is 78.2 Å². The lowest BCUT2D eigenvalue weighted by atomic mass is 9.92. The molecule has 20 heteroatoms. The molecule has 2 aliphatic rings. The highest BCUT2D eigenvalue weighted by Crippen LogP contribution is 2.38. The zero-order valence-electron chi connectivity index (χ0n) is 51.5. The van der Waals surface area contributed by atoms with Crippen molar-refractivity contribution in [1.29, 1.82) is 0 Å². The van der Waals surface area contributed by atoms with E-state index in [0.29, 0.717) is 39.4 Å². The van der Waals surface area contributed by atoms with Crippen molar-refractivity contribution >= 4 is 57.5 Å². The van der Waals surface area contributed by atoms with Crippen molar-refractivity contribution in [3.05, 3.63) is 173 Å². The van der Waals surface area contributed by atoms with Gasteiger partial charge in [0.2, 0.25) is 0 Å². The van der Waals surface area contributed by atoms with Crippen LogP contribution in [0.3, 0.4) is 0 Å². The molecule has 2 fully saturated rings. The van der Waals surface area contributed by atoms with Crippen molar-refractivity contribution in [2.45, 2.75) is 94.2 Å². The van der Waals surface area contributed by atoms with Gasteiger partial charge in [0, 0.05) is 99.7 Å². The van der Waals surface area contributed by atoms with Crippen molar-refractivity contribution < 1.29 is 24.2 Å². The number of hydrogen-bond acceptors (Lipinski definition) is 13. The van der Waals surface area contributed by atoms with Gasteiger partial charge in [0.1, 0.15) is 23.1 Å². The van der Waals surface area contributed by atoms with Crippen LogP contribution in [-0.2, 0) is 13.1 Å². The summed E-state index contributed by atoms with van der Waals surface area (Å²) >= 11 is 5.32. The maximum absolute atomic E-state index is 13.8. The number of amides is 1. The Kier molecular flexibility index (Phi) is 21.1. The van der Waals surface area contributed by atoms with Crippen LogP contribution in [0.1, 0.15) is 119 Å². The molecule has 7 N–H and O–H groups in total. The molecule has 86 heavy (non-hydrogen) atoms. The summed E-state index contributed by atoms with van der Waals surface area (Å²) in [5.41, 5.74) is 17.7. The number of nitrogens with one attached hydrogen (secondary N) is 6. The van der Waals surface area contributed by atoms with Crippen LogP contribution >= 0.6 is 11.8 Å². The first-order valence-corrected chi connectivity index (χ1v) is 29.5. The van der Waals surface area contributed by atoms with Gasteiger partial charge < -0.3 is 59.1 Å². The molecule has 454 valence electrons. The van der Waals surface area contributed by atoms with Crippen molar-refractivity contribution in [3.8, 4) is 33.8 Å². The summed E-state index contributed by atoms with van der Waals surface area (Å²) in [6.45, 7) is 22.9. The van der Waals surface area contributed by atoms with Crippen LogP contribution in [0.5, 0.6) is 11.5 Å². The van der Waals surface area contributed by atoms with E-state index in [4.69, 9.17) is 21.3 Å². The number of methoxy groups -OCH3 is 2. The Labute approximate surface area is 507 Å². The minimum absolute atomic E-state index is 0.0499. The summed E-state index contributed by atoms with van der Waals surface area (Å²) < 4.78 is 14.8. The zero-order chi connectivity index (χ0) is 61.9. The number of allylic oxidation sites excluding steroid dienone is 2. The lowest BCUT2D eigenvalue weighted by Gasteiger charge is -2.29. The number of nitrogens with zero attached hydrogens (tertiary/aromatic N) is 6. The van der Waals surface area contributed by atoms with Gasteiger partial charge in [-0.15, -0.1) is 0 Å². The number of carbonyl (C=O) groups is 2. The minimum Gasteiger partial charge on any atom is -0.496 e. The van der Waals surface area contributed by atoms with Crippen LogP contribution in [0.15, 0.2) is 106 Å². The van der Waals surface area contributed by atoms with E-state index < -0.39 is 5.97 Å². The number of carboxylic acid groups (broad SMARTS) is 1. The Bertz CT molecular complexity index is 3970. The number of likely N-dealkylation sites (tertiary alicyclic amines) is 2. The molecule has 0 aliphatic carbocycles. The fourth-order valence-corrected chi connectivity index (χ4v) is 11.9. The topological polar surface area (TPSA) is 228 Å². The second-order valence-electron chi connectivity index (χ2n) is 21.7. The van der Waals surface area contributed by atoms with E-state index in [1.807, 2.05) is 58.3 Å². The van der Waals surface area contributed by atoms with Crippen molar-refractivity contribution in [1.82, 2.24) is 48.7 Å². The zero-order valence-corrected chi connectivity index (χ0v) is 52.3. The largest absolute Gasteiger partial charge is 0.496 e. The van der Waals surface area contributed by atoms with Crippen LogP contribution in [0.2, 0.25) is 0 Å². The van der Waals surface area contributed by atoms with E-state index in [1.54, 1.807) is 44.4 Å². The normalized spacial score (nSPS) is 13.6. The smallest absolute Gasteiger partial charge is 0.336 e. The van der Waals surface area contributed by atoms with E-state index in [9.17, 15) is 24.3 Å². The molecule has 1 amide bonds. The van der Waals surface area contributed by atoms with Gasteiger partial charge >= 0.3 is 5.97 Å². The van der Waals surface area contributed by atoms with Gasteiger partial charge in [0.05, 0.1) is 59.9 Å². The molecule has 0 radical (unpaired) electrons. The first kappa shape index (κ1) is 63.5. The number of fused-ring (bicyclic) bond motifs is 2. The first-order valence-electron chi connectivity index (χ1n) is 29.2. The molecule has 0 saturated carbocycles. The Morgan fingerprint density at radius 3 is 1.44 bits per heavy atom. The van der Waals surface area contributed by atoms with Gasteiger partial charge in [-0.3, -0.25) is 14.4 Å². The number of ether oxygens (including phenoxy) is 2. The van der Waals surface area contributed by atoms with Crippen LogP contribution in [0.25, 0.3) is 44.4 Å². The van der Waals surface area contributed by atoms with Gasteiger partial charge in [-0.2, -0.15) is 0 Å². The third-order valence-electron chi connectivity index (χ3n) is 16.7. The average molecular weight is 1190 g/mol. The molecule has 8 aromatic rings. The lowest BCUT2D eigenvalue weighted by Crippen LogP contribution is -2.30. The standard InChI is InChI=1S/C33H40N6O3.C25H30N4O2.C8H11ClN2O2/c1-7-38-13-9-23(10-14-38)21(3)31-22(4)26(32(40)36-19-27-29(42-6)16-20(2)37-33(27)41)18-28-25(11-15-39(28)31)24-8-12-35-30(17-24)34-5;1-5-28-11-7-18(8-12-28)16(2)24-17(3)21(25(30)31)15-22-20(9-13-29(22)24)19-6-10-27-23(14-19)26-4;1-5-3-7(13-2)6(4-10-9)8(12)11-5/h8,11-12,15-18H,7,9-10,13-14,19H2,1-6H3,(H,34,35)(H,36,40)(H,37,41);6,9-10,13-15H,5,7-8,11-12H2,1-4H3,(H,26,27)(H,30,31);3,10H,4H2,1-2H3,(H,11,12). The number of aryl methyl sites for hydroxylation is 2. The number of anilines is 2. The van der Waals surface area contributed by atoms with Crippen LogP contribution in [0, 0.1) is 27.7 Å². The van der Waals surface area contributed by atoms with Gasteiger partial charge in [0.25, 0.3) is 17.0 Å². The first-order chi connectivity index (χ1) is 41.4. The maximum atomic E-state index is 13.8. The summed E-state index contributed by atoms with van der Waals surface area (Å²) in [6, 6.07) is 19.4. The molecule has 0 spiro atoms. The Balaban J connectivity index is 0.000000190. The number of rotatable bonds is 16. The predicted molar refractivity (Wildman–Crippen MR) is 345 cm³/mol. The quantitative estimate of drug-likeness (QED) is 0.0447. The number of aromatic nitrogens is 6. The summed E-state index contributed by atoms with van der Waals surface area (Å²) in [6.07, 6.45) is 11.8. The Hall–Kier alpha value is -8.49. The summed E-state index contributed by atoms with van der Waals surface area (Å²) in [5, 5.41) is 19.1. The van der Waals surface area contributed by atoms with Gasteiger partial charge in [-0.25, -0.2) is 19.6 Å². The molecule has 0 bridgehead atoms. The molecule has 10 heterocycles. The molecular formula is C66H81ClN12O7.